The van der Waals surface area contributed by atoms with Gasteiger partial charge in [-0.15, -0.1) is 11.3 Å². The quantitative estimate of drug-likeness (QED) is 0.326. The van der Waals surface area contributed by atoms with Gasteiger partial charge in [0.05, 0.1) is 18.9 Å². The highest BCUT2D eigenvalue weighted by Crippen LogP contribution is 2.31. The van der Waals surface area contributed by atoms with Crippen molar-refractivity contribution in [1.29, 1.82) is 0 Å². The first-order chi connectivity index (χ1) is 15.4. The molecule has 162 valence electrons. The van der Waals surface area contributed by atoms with Crippen LogP contribution in [0.4, 0.5) is 0 Å². The van der Waals surface area contributed by atoms with Gasteiger partial charge >= 0.3 is 5.97 Å². The molecule has 0 aliphatic heterocycles. The number of methoxy groups -OCH3 is 1. The Morgan fingerprint density at radius 2 is 1.88 bits per heavy atom. The molecule has 0 fully saturated rings. The van der Waals surface area contributed by atoms with E-state index >= 15 is 0 Å². The number of thiophene rings is 1. The van der Waals surface area contributed by atoms with Gasteiger partial charge in [0.2, 0.25) is 0 Å². The van der Waals surface area contributed by atoms with Crippen LogP contribution in [0.3, 0.4) is 0 Å². The van der Waals surface area contributed by atoms with Crippen LogP contribution in [0.15, 0.2) is 59.7 Å². The number of carbonyl (C=O) groups is 2. The fourth-order valence-corrected chi connectivity index (χ4v) is 4.65. The lowest BCUT2D eigenvalue weighted by Gasteiger charge is -2.21. The minimum absolute atomic E-state index is 0.287. The van der Waals surface area contributed by atoms with E-state index < -0.39 is 12.0 Å². The third-order valence-electron chi connectivity index (χ3n) is 5.42. The van der Waals surface area contributed by atoms with E-state index in [1.54, 1.807) is 54.9 Å². The van der Waals surface area contributed by atoms with E-state index in [4.69, 9.17) is 9.72 Å². The minimum atomic E-state index is -1.12. The molecule has 0 spiro atoms. The molecule has 3 heterocycles. The first kappa shape index (κ1) is 21.6. The Bertz CT molecular complexity index is 1360. The summed E-state index contributed by atoms with van der Waals surface area (Å²) in [7, 11) is 1.25. The number of nitrogens with zero attached hydrogens (tertiary/aromatic N) is 3. The van der Waals surface area contributed by atoms with Crippen LogP contribution in [-0.4, -0.2) is 33.4 Å². The number of rotatable bonds is 6. The zero-order valence-corrected chi connectivity index (χ0v) is 18.7. The first-order valence-corrected chi connectivity index (χ1v) is 10.8. The van der Waals surface area contributed by atoms with Crippen LogP contribution < -0.4 is 5.56 Å². The number of Topliss-reactive ketones (excluding diaryl/α,β-unsaturated/α-hetero) is 1. The molecule has 0 saturated carbocycles. The molecule has 1 aromatic carbocycles. The van der Waals surface area contributed by atoms with E-state index in [0.717, 1.165) is 10.4 Å². The summed E-state index contributed by atoms with van der Waals surface area (Å²) in [6, 6.07) is 11.0. The summed E-state index contributed by atoms with van der Waals surface area (Å²) in [5.41, 5.74) is 1.42. The standard InChI is InChI=1S/C24H21N3O4S/c1-14-15(2)32-23-20(14)24(30)27(22(26-23)17-10-7-11-25-13-17)18(12-19(28)31-3)21(29)16-8-5-4-6-9-16/h4-11,13,18H,12H2,1-3H3. The van der Waals surface area contributed by atoms with Crippen molar-refractivity contribution in [3.05, 3.63) is 81.2 Å². The number of ether oxygens (including phenoxy) is 1. The molecule has 1 unspecified atom stereocenters. The smallest absolute Gasteiger partial charge is 0.308 e. The van der Waals surface area contributed by atoms with Crippen molar-refractivity contribution >= 4 is 33.3 Å². The van der Waals surface area contributed by atoms with E-state index in [2.05, 4.69) is 4.98 Å². The first-order valence-electron chi connectivity index (χ1n) is 10.0. The average Bonchev–Trinajstić information content (AvgIpc) is 3.11. The van der Waals surface area contributed by atoms with Gasteiger partial charge in [0.25, 0.3) is 5.56 Å². The number of ketones is 1. The number of carbonyl (C=O) groups excluding carboxylic acids is 2. The SMILES string of the molecule is COC(=O)CC(C(=O)c1ccccc1)n1c(-c2cccnc2)nc2sc(C)c(C)c2c1=O. The number of hydrogen-bond donors (Lipinski definition) is 0. The highest BCUT2D eigenvalue weighted by atomic mass is 32.1. The van der Waals surface area contributed by atoms with Crippen molar-refractivity contribution in [1.82, 2.24) is 14.5 Å². The third-order valence-corrected chi connectivity index (χ3v) is 6.52. The number of fused-ring (bicyclic) bond motifs is 1. The van der Waals surface area contributed by atoms with Crippen LogP contribution in [0.1, 0.15) is 33.3 Å². The molecule has 1 atom stereocenters. The second kappa shape index (κ2) is 8.84. The van der Waals surface area contributed by atoms with Gasteiger partial charge in [-0.3, -0.25) is 23.9 Å². The molecule has 4 aromatic rings. The molecule has 3 aromatic heterocycles. The topological polar surface area (TPSA) is 91.2 Å². The van der Waals surface area contributed by atoms with Crippen LogP contribution >= 0.6 is 11.3 Å². The number of benzene rings is 1. The maximum absolute atomic E-state index is 13.8. The highest BCUT2D eigenvalue weighted by Gasteiger charge is 2.31. The van der Waals surface area contributed by atoms with E-state index in [1.165, 1.54) is 23.0 Å². The molecule has 0 amide bonds. The zero-order chi connectivity index (χ0) is 22.8. The molecular formula is C24H21N3O4S. The van der Waals surface area contributed by atoms with Gasteiger partial charge < -0.3 is 4.74 Å². The maximum Gasteiger partial charge on any atom is 0.308 e. The summed E-state index contributed by atoms with van der Waals surface area (Å²) in [6.45, 7) is 3.79. The predicted molar refractivity (Wildman–Crippen MR) is 123 cm³/mol. The summed E-state index contributed by atoms with van der Waals surface area (Å²) < 4.78 is 6.18. The molecule has 32 heavy (non-hydrogen) atoms. The summed E-state index contributed by atoms with van der Waals surface area (Å²) in [5.74, 6) is -0.675. The van der Waals surface area contributed by atoms with Crippen molar-refractivity contribution in [2.75, 3.05) is 7.11 Å². The number of aryl methyl sites for hydroxylation is 2. The molecule has 8 heteroatoms. The number of pyridine rings is 1. The molecule has 0 aliphatic rings. The fourth-order valence-electron chi connectivity index (χ4n) is 3.63. The van der Waals surface area contributed by atoms with E-state index in [0.29, 0.717) is 21.3 Å². The van der Waals surface area contributed by atoms with Crippen molar-refractivity contribution < 1.29 is 14.3 Å². The van der Waals surface area contributed by atoms with Gasteiger partial charge in [-0.05, 0) is 31.5 Å². The lowest BCUT2D eigenvalue weighted by atomic mass is 10.0. The Morgan fingerprint density at radius 1 is 1.12 bits per heavy atom. The average molecular weight is 448 g/mol. The van der Waals surface area contributed by atoms with Crippen molar-refractivity contribution in [2.24, 2.45) is 0 Å². The normalized spacial score (nSPS) is 12.0. The molecule has 0 N–H and O–H groups in total. The number of aromatic nitrogens is 3. The Balaban J connectivity index is 2.04. The molecule has 0 saturated heterocycles. The summed E-state index contributed by atoms with van der Waals surface area (Å²) in [5, 5.41) is 0.455. The number of esters is 1. The Kier molecular flexibility index (Phi) is 5.96. The lowest BCUT2D eigenvalue weighted by molar-refractivity contribution is -0.141. The summed E-state index contributed by atoms with van der Waals surface area (Å²) in [6.07, 6.45) is 2.90. The fraction of sp³-hybridized carbons (Fsp3) is 0.208. The largest absolute Gasteiger partial charge is 0.469 e. The lowest BCUT2D eigenvalue weighted by Crippen LogP contribution is -2.34. The van der Waals surface area contributed by atoms with Crippen LogP contribution in [0.2, 0.25) is 0 Å². The van der Waals surface area contributed by atoms with Gasteiger partial charge in [0, 0.05) is 28.4 Å². The summed E-state index contributed by atoms with van der Waals surface area (Å²) >= 11 is 1.42. The third kappa shape index (κ3) is 3.85. The molecule has 0 radical (unpaired) electrons. The molecule has 7 nitrogen and oxygen atoms in total. The van der Waals surface area contributed by atoms with Gasteiger partial charge in [-0.1, -0.05) is 30.3 Å². The van der Waals surface area contributed by atoms with Gasteiger partial charge in [-0.2, -0.15) is 0 Å². The Hall–Kier alpha value is -3.65. The van der Waals surface area contributed by atoms with Gasteiger partial charge in [0.15, 0.2) is 5.78 Å². The Morgan fingerprint density at radius 3 is 2.53 bits per heavy atom. The van der Waals surface area contributed by atoms with Gasteiger partial charge in [-0.25, -0.2) is 4.98 Å². The van der Waals surface area contributed by atoms with E-state index in [-0.39, 0.29) is 23.6 Å². The van der Waals surface area contributed by atoms with Crippen LogP contribution in [-0.2, 0) is 9.53 Å². The van der Waals surface area contributed by atoms with Crippen LogP contribution in [0.25, 0.3) is 21.6 Å². The van der Waals surface area contributed by atoms with E-state index in [1.807, 2.05) is 13.8 Å². The monoisotopic (exact) mass is 447 g/mol. The second-order valence-electron chi connectivity index (χ2n) is 7.34. The van der Waals surface area contributed by atoms with Crippen molar-refractivity contribution in [3.8, 4) is 11.4 Å². The Labute approximate surface area is 188 Å². The summed E-state index contributed by atoms with van der Waals surface area (Å²) in [4.78, 5) is 50.1. The van der Waals surface area contributed by atoms with Crippen molar-refractivity contribution in [2.45, 2.75) is 26.3 Å². The molecule has 0 bridgehead atoms. The number of hydrogen-bond acceptors (Lipinski definition) is 7. The molecular weight excluding hydrogens is 426 g/mol. The molecule has 0 aliphatic carbocycles. The molecule has 4 rings (SSSR count). The highest BCUT2D eigenvalue weighted by molar-refractivity contribution is 7.18. The van der Waals surface area contributed by atoms with Crippen LogP contribution in [0.5, 0.6) is 0 Å². The van der Waals surface area contributed by atoms with E-state index in [9.17, 15) is 14.4 Å². The maximum atomic E-state index is 13.8. The predicted octanol–water partition coefficient (Wildman–Crippen LogP) is 4.12. The zero-order valence-electron chi connectivity index (χ0n) is 17.9. The minimum Gasteiger partial charge on any atom is -0.469 e. The van der Waals surface area contributed by atoms with Gasteiger partial charge in [0.1, 0.15) is 16.7 Å². The second-order valence-corrected chi connectivity index (χ2v) is 8.55. The van der Waals surface area contributed by atoms with Crippen molar-refractivity contribution in [3.63, 3.8) is 0 Å². The van der Waals surface area contributed by atoms with Crippen LogP contribution in [0, 0.1) is 13.8 Å².